The molecule has 0 spiro atoms. The number of nitrogens with zero attached hydrogens (tertiary/aromatic N) is 3. The molecule has 2 aromatic rings. The molecule has 1 aromatic heterocycles. The molecule has 1 aliphatic heterocycles. The molecule has 0 saturated carbocycles. The third-order valence-electron chi connectivity index (χ3n) is 4.72. The van der Waals surface area contributed by atoms with E-state index >= 15 is 0 Å². The third-order valence-corrected chi connectivity index (χ3v) is 5.47. The van der Waals surface area contributed by atoms with Crippen LogP contribution in [0.25, 0.3) is 0 Å². The Morgan fingerprint density at radius 3 is 2.63 bits per heavy atom. The SMILES string of the molecule is CCc1nnsc1C(=O)N1CCc2cc(OC)c(OC)cc2C1CC(=O)O. The lowest BCUT2D eigenvalue weighted by Crippen LogP contribution is -2.41. The molecule has 9 heteroatoms. The number of carbonyl (C=O) groups excluding carboxylic acids is 1. The summed E-state index contributed by atoms with van der Waals surface area (Å²) in [5.41, 5.74) is 2.36. The van der Waals surface area contributed by atoms with Gasteiger partial charge in [0.15, 0.2) is 11.5 Å². The van der Waals surface area contributed by atoms with Gasteiger partial charge >= 0.3 is 5.97 Å². The number of rotatable bonds is 6. The number of hydrogen-bond donors (Lipinski definition) is 1. The largest absolute Gasteiger partial charge is 0.493 e. The van der Waals surface area contributed by atoms with Crippen molar-refractivity contribution in [1.29, 1.82) is 0 Å². The van der Waals surface area contributed by atoms with Gasteiger partial charge in [-0.25, -0.2) is 0 Å². The van der Waals surface area contributed by atoms with Gasteiger partial charge in [-0.2, -0.15) is 0 Å². The Kier molecular flexibility index (Phi) is 5.59. The number of ether oxygens (including phenoxy) is 2. The number of benzene rings is 1. The Morgan fingerprint density at radius 1 is 1.30 bits per heavy atom. The van der Waals surface area contributed by atoms with E-state index in [4.69, 9.17) is 9.47 Å². The molecular weight excluding hydrogens is 370 g/mol. The fraction of sp³-hybridized carbons (Fsp3) is 0.444. The number of aromatic nitrogens is 2. The van der Waals surface area contributed by atoms with Crippen LogP contribution in [0.1, 0.15) is 45.9 Å². The lowest BCUT2D eigenvalue weighted by atomic mass is 9.89. The van der Waals surface area contributed by atoms with E-state index in [9.17, 15) is 14.7 Å². The maximum absolute atomic E-state index is 13.1. The van der Waals surface area contributed by atoms with Crippen molar-refractivity contribution < 1.29 is 24.2 Å². The van der Waals surface area contributed by atoms with Crippen LogP contribution < -0.4 is 9.47 Å². The van der Waals surface area contributed by atoms with Gasteiger partial charge in [-0.1, -0.05) is 11.4 Å². The van der Waals surface area contributed by atoms with Crippen LogP contribution >= 0.6 is 11.5 Å². The summed E-state index contributed by atoms with van der Waals surface area (Å²) >= 11 is 1.05. The standard InChI is InChI=1S/C18H21N3O5S/c1-4-12-17(27-20-19-12)18(24)21-6-5-10-7-14(25-2)15(26-3)8-11(10)13(21)9-16(22)23/h7-8,13H,4-6,9H2,1-3H3,(H,22,23). The van der Waals surface area contributed by atoms with Gasteiger partial charge in [0.25, 0.3) is 5.91 Å². The van der Waals surface area contributed by atoms with E-state index in [2.05, 4.69) is 9.59 Å². The van der Waals surface area contributed by atoms with Gasteiger partial charge < -0.3 is 19.5 Å². The predicted molar refractivity (Wildman–Crippen MR) is 98.6 cm³/mol. The van der Waals surface area contributed by atoms with Crippen molar-refractivity contribution in [3.05, 3.63) is 33.8 Å². The van der Waals surface area contributed by atoms with Gasteiger partial charge in [-0.3, -0.25) is 9.59 Å². The lowest BCUT2D eigenvalue weighted by Gasteiger charge is -2.37. The van der Waals surface area contributed by atoms with Crippen molar-refractivity contribution in [2.45, 2.75) is 32.2 Å². The zero-order valence-corrected chi connectivity index (χ0v) is 16.2. The minimum atomic E-state index is -0.974. The average Bonchev–Trinajstić information content (AvgIpc) is 3.15. The smallest absolute Gasteiger partial charge is 0.305 e. The Bertz CT molecular complexity index is 867. The van der Waals surface area contributed by atoms with Crippen molar-refractivity contribution >= 4 is 23.4 Å². The molecule has 1 aliphatic rings. The summed E-state index contributed by atoms with van der Waals surface area (Å²) in [6.45, 7) is 2.32. The van der Waals surface area contributed by atoms with Crippen LogP contribution in [-0.4, -0.2) is 52.2 Å². The first-order valence-corrected chi connectivity index (χ1v) is 9.36. The van der Waals surface area contributed by atoms with Crippen LogP contribution in [0.4, 0.5) is 0 Å². The first-order valence-electron chi connectivity index (χ1n) is 8.58. The summed E-state index contributed by atoms with van der Waals surface area (Å²) in [4.78, 5) is 26.7. The van der Waals surface area contributed by atoms with E-state index in [1.54, 1.807) is 18.1 Å². The Balaban J connectivity index is 2.04. The van der Waals surface area contributed by atoms with Gasteiger partial charge in [0.05, 0.1) is 32.4 Å². The molecule has 1 atom stereocenters. The van der Waals surface area contributed by atoms with Crippen LogP contribution in [0.2, 0.25) is 0 Å². The van der Waals surface area contributed by atoms with E-state index in [0.717, 1.165) is 22.7 Å². The molecule has 1 unspecified atom stereocenters. The van der Waals surface area contributed by atoms with Crippen LogP contribution in [0, 0.1) is 0 Å². The highest BCUT2D eigenvalue weighted by Crippen LogP contribution is 2.40. The maximum atomic E-state index is 13.1. The van der Waals surface area contributed by atoms with E-state index < -0.39 is 12.0 Å². The second-order valence-electron chi connectivity index (χ2n) is 6.17. The summed E-state index contributed by atoms with van der Waals surface area (Å²) in [5.74, 6) is -0.105. The molecule has 0 fully saturated rings. The van der Waals surface area contributed by atoms with Gasteiger partial charge in [-0.05, 0) is 47.6 Å². The number of carboxylic acids is 1. The second-order valence-corrected chi connectivity index (χ2v) is 6.92. The molecule has 1 aromatic carbocycles. The minimum absolute atomic E-state index is 0.193. The number of methoxy groups -OCH3 is 2. The molecule has 0 saturated heterocycles. The van der Waals surface area contributed by atoms with Crippen LogP contribution in [0.15, 0.2) is 12.1 Å². The lowest BCUT2D eigenvalue weighted by molar-refractivity contribution is -0.138. The van der Waals surface area contributed by atoms with Gasteiger partial charge in [0, 0.05) is 6.54 Å². The molecule has 1 N–H and O–H groups in total. The number of amides is 1. The van der Waals surface area contributed by atoms with Crippen molar-refractivity contribution in [3.8, 4) is 11.5 Å². The van der Waals surface area contributed by atoms with Crippen LogP contribution in [0.5, 0.6) is 11.5 Å². The second kappa shape index (κ2) is 7.91. The van der Waals surface area contributed by atoms with Gasteiger partial charge in [0.1, 0.15) is 4.88 Å². The van der Waals surface area contributed by atoms with E-state index in [1.165, 1.54) is 7.11 Å². The fourth-order valence-corrected chi connectivity index (χ4v) is 4.10. The molecular formula is C18H21N3O5S. The number of carbonyl (C=O) groups is 2. The van der Waals surface area contributed by atoms with Gasteiger partial charge in [-0.15, -0.1) is 5.10 Å². The number of hydrogen-bond acceptors (Lipinski definition) is 7. The van der Waals surface area contributed by atoms with Crippen LogP contribution in [0.3, 0.4) is 0 Å². The van der Waals surface area contributed by atoms with Crippen molar-refractivity contribution in [2.24, 2.45) is 0 Å². The number of fused-ring (bicyclic) bond motifs is 1. The van der Waals surface area contributed by atoms with Crippen molar-refractivity contribution in [3.63, 3.8) is 0 Å². The normalized spacial score (nSPS) is 16.0. The first-order chi connectivity index (χ1) is 13.0. The first kappa shape index (κ1) is 19.1. The zero-order valence-electron chi connectivity index (χ0n) is 15.4. The van der Waals surface area contributed by atoms with E-state index in [0.29, 0.717) is 41.5 Å². The van der Waals surface area contributed by atoms with Crippen LogP contribution in [-0.2, 0) is 17.6 Å². The van der Waals surface area contributed by atoms with Gasteiger partial charge in [0.2, 0.25) is 0 Å². The number of carboxylic acid groups (broad SMARTS) is 1. The van der Waals surface area contributed by atoms with E-state index in [1.807, 2.05) is 13.0 Å². The van der Waals surface area contributed by atoms with Crippen molar-refractivity contribution in [2.75, 3.05) is 20.8 Å². The summed E-state index contributed by atoms with van der Waals surface area (Å²) in [7, 11) is 3.08. The zero-order chi connectivity index (χ0) is 19.6. The molecule has 3 rings (SSSR count). The maximum Gasteiger partial charge on any atom is 0.305 e. The highest BCUT2D eigenvalue weighted by atomic mass is 32.1. The number of aliphatic carboxylic acids is 1. The molecule has 144 valence electrons. The van der Waals surface area contributed by atoms with Crippen molar-refractivity contribution in [1.82, 2.24) is 14.5 Å². The summed E-state index contributed by atoms with van der Waals surface area (Å²) in [6.07, 6.45) is 1.00. The molecule has 0 aliphatic carbocycles. The Labute approximate surface area is 160 Å². The highest BCUT2D eigenvalue weighted by Gasteiger charge is 2.35. The number of aryl methyl sites for hydroxylation is 1. The molecule has 27 heavy (non-hydrogen) atoms. The highest BCUT2D eigenvalue weighted by molar-refractivity contribution is 7.08. The molecule has 0 radical (unpaired) electrons. The summed E-state index contributed by atoms with van der Waals surface area (Å²) < 4.78 is 14.6. The molecule has 2 heterocycles. The monoisotopic (exact) mass is 391 g/mol. The summed E-state index contributed by atoms with van der Waals surface area (Å²) in [6, 6.07) is 3.04. The molecule has 1 amide bonds. The fourth-order valence-electron chi connectivity index (χ4n) is 3.39. The Morgan fingerprint density at radius 2 is 2.00 bits per heavy atom. The predicted octanol–water partition coefficient (Wildman–Crippen LogP) is 2.33. The topological polar surface area (TPSA) is 102 Å². The molecule has 0 bridgehead atoms. The summed E-state index contributed by atoms with van der Waals surface area (Å²) in [5, 5.41) is 13.4. The average molecular weight is 391 g/mol. The van der Waals surface area contributed by atoms with E-state index in [-0.39, 0.29) is 12.3 Å². The Hall–Kier alpha value is -2.68. The third kappa shape index (κ3) is 3.59. The quantitative estimate of drug-likeness (QED) is 0.806. The molecule has 8 nitrogen and oxygen atoms in total. The minimum Gasteiger partial charge on any atom is -0.493 e.